The van der Waals surface area contributed by atoms with Crippen LogP contribution in [0, 0.1) is 0 Å². The largest absolute Gasteiger partial charge is 0.494 e. The van der Waals surface area contributed by atoms with Crippen molar-refractivity contribution in [3.05, 3.63) is 64.7 Å². The van der Waals surface area contributed by atoms with Crippen LogP contribution in [-0.2, 0) is 4.79 Å². The maximum Gasteiger partial charge on any atom is 0.276 e. The first-order valence-electron chi connectivity index (χ1n) is 8.34. The van der Waals surface area contributed by atoms with Crippen LogP contribution in [0.4, 0.5) is 0 Å². The van der Waals surface area contributed by atoms with Gasteiger partial charge in [-0.2, -0.15) is 0 Å². The highest BCUT2D eigenvalue weighted by Gasteiger charge is 2.34. The molecular weight excluding hydrogens is 348 g/mol. The van der Waals surface area contributed by atoms with Gasteiger partial charge in [0, 0.05) is 10.8 Å². The summed E-state index contributed by atoms with van der Waals surface area (Å²) in [5.74, 6) is 0.605. The number of thioether (sulfide) groups is 1. The van der Waals surface area contributed by atoms with Gasteiger partial charge in [0.2, 0.25) is 0 Å². The normalized spacial score (nSPS) is 18.3. The van der Waals surface area contributed by atoms with Crippen molar-refractivity contribution in [1.29, 1.82) is 0 Å². The van der Waals surface area contributed by atoms with Crippen molar-refractivity contribution >= 4 is 28.5 Å². The van der Waals surface area contributed by atoms with Crippen molar-refractivity contribution in [2.45, 2.75) is 13.1 Å². The summed E-state index contributed by atoms with van der Waals surface area (Å²) in [6.45, 7) is 2.54. The van der Waals surface area contributed by atoms with Crippen molar-refractivity contribution < 1.29 is 9.53 Å². The molecule has 2 heterocycles. The molecule has 2 aliphatic rings. The highest BCUT2D eigenvalue weighted by atomic mass is 32.2. The Morgan fingerprint density at radius 3 is 2.88 bits per heavy atom. The lowest BCUT2D eigenvalue weighted by Crippen LogP contribution is -2.50. The summed E-state index contributed by atoms with van der Waals surface area (Å²) in [4.78, 5) is 17.6. The number of hydrogen-bond donors (Lipinski definition) is 1. The van der Waals surface area contributed by atoms with Crippen molar-refractivity contribution in [2.75, 3.05) is 12.9 Å². The van der Waals surface area contributed by atoms with Gasteiger partial charge in [-0.05, 0) is 31.4 Å². The van der Waals surface area contributed by atoms with Gasteiger partial charge >= 0.3 is 0 Å². The van der Waals surface area contributed by atoms with E-state index < -0.39 is 6.17 Å². The molecule has 1 atom stereocenters. The number of hydrogen-bond acceptors (Lipinski definition) is 6. The van der Waals surface area contributed by atoms with E-state index in [0.717, 1.165) is 21.9 Å². The molecule has 0 unspecified atom stereocenters. The predicted molar refractivity (Wildman–Crippen MR) is 102 cm³/mol. The zero-order valence-electron chi connectivity index (χ0n) is 14.5. The molecule has 0 bridgehead atoms. The molecule has 0 aliphatic carbocycles. The Hall–Kier alpha value is -2.80. The summed E-state index contributed by atoms with van der Waals surface area (Å²) < 4.78 is 5.62. The number of amides is 1. The molecule has 2 aromatic rings. The molecule has 2 aliphatic heterocycles. The summed E-state index contributed by atoms with van der Waals surface area (Å²) in [6.07, 6.45) is 1.46. The Kier molecular flexibility index (Phi) is 4.38. The number of fused-ring (bicyclic) bond motifs is 2. The number of nitrogens with one attached hydrogen (secondary N) is 1. The third kappa shape index (κ3) is 2.84. The van der Waals surface area contributed by atoms with Gasteiger partial charge < -0.3 is 4.74 Å². The standard InChI is InChI=1S/C19H18N4O2S/c1-3-25-13-8-6-7-12(11-13)17-20-15-10-5-4-9-14(15)16-18(24)21-19(26-2)22-23(16)17/h4-11,17H,3H2,1-2H3,(H,21,22,24)/t17-/m1/s1. The third-order valence-corrected chi connectivity index (χ3v) is 4.75. The van der Waals surface area contributed by atoms with Crippen LogP contribution in [0.5, 0.6) is 5.75 Å². The van der Waals surface area contributed by atoms with Crippen LogP contribution in [0.3, 0.4) is 0 Å². The topological polar surface area (TPSA) is 66.3 Å². The monoisotopic (exact) mass is 366 g/mol. The summed E-state index contributed by atoms with van der Waals surface area (Å²) in [5, 5.41) is 11.3. The first kappa shape index (κ1) is 16.7. The fourth-order valence-corrected chi connectivity index (χ4v) is 3.43. The summed E-state index contributed by atoms with van der Waals surface area (Å²) in [7, 11) is 0. The Bertz CT molecular complexity index is 1020. The molecule has 132 valence electrons. The van der Waals surface area contributed by atoms with Crippen LogP contribution in [0.2, 0.25) is 0 Å². The van der Waals surface area contributed by atoms with Crippen molar-refractivity contribution in [3.63, 3.8) is 0 Å². The van der Waals surface area contributed by atoms with Crippen LogP contribution in [0.25, 0.3) is 5.70 Å². The number of amidine groups is 1. The second-order valence-electron chi connectivity index (χ2n) is 5.78. The van der Waals surface area contributed by atoms with Crippen LogP contribution in [-0.4, -0.2) is 28.9 Å². The fourth-order valence-electron chi connectivity index (χ4n) is 3.07. The smallest absolute Gasteiger partial charge is 0.276 e. The van der Waals surface area contributed by atoms with E-state index >= 15 is 0 Å². The average molecular weight is 366 g/mol. The second kappa shape index (κ2) is 6.84. The quantitative estimate of drug-likeness (QED) is 0.896. The predicted octanol–water partition coefficient (Wildman–Crippen LogP) is 1.59. The molecule has 7 heteroatoms. The highest BCUT2D eigenvalue weighted by molar-refractivity contribution is 8.13. The molecule has 26 heavy (non-hydrogen) atoms. The molecule has 0 fully saturated rings. The lowest BCUT2D eigenvalue weighted by atomic mass is 10.1. The summed E-state index contributed by atoms with van der Waals surface area (Å²) >= 11 is 1.39. The average Bonchev–Trinajstić information content (AvgIpc) is 2.67. The van der Waals surface area contributed by atoms with Crippen LogP contribution in [0.15, 0.2) is 58.6 Å². The van der Waals surface area contributed by atoms with Gasteiger partial charge in [0.25, 0.3) is 5.91 Å². The maximum absolute atomic E-state index is 12.8. The molecule has 0 saturated heterocycles. The van der Waals surface area contributed by atoms with Gasteiger partial charge in [0.15, 0.2) is 11.3 Å². The van der Waals surface area contributed by atoms with E-state index in [1.165, 1.54) is 11.8 Å². The van der Waals surface area contributed by atoms with Gasteiger partial charge in [-0.25, -0.2) is 5.01 Å². The zero-order valence-corrected chi connectivity index (χ0v) is 15.3. The molecule has 0 aromatic heterocycles. The van der Waals surface area contributed by atoms with Gasteiger partial charge in [-0.1, -0.05) is 42.1 Å². The highest BCUT2D eigenvalue weighted by Crippen LogP contribution is 2.31. The third-order valence-electron chi connectivity index (χ3n) is 4.18. The Balaban J connectivity index is 1.92. The Labute approximate surface area is 155 Å². The first-order chi connectivity index (χ1) is 12.7. The molecule has 1 N–H and O–H groups in total. The van der Waals surface area contributed by atoms with E-state index in [0.29, 0.717) is 17.5 Å². The van der Waals surface area contributed by atoms with Crippen LogP contribution in [0.1, 0.15) is 18.7 Å². The number of carbonyl (C=O) groups excluding carboxylic acids is 1. The number of hydrazone groups is 1. The Morgan fingerprint density at radius 2 is 2.08 bits per heavy atom. The first-order valence-corrected chi connectivity index (χ1v) is 9.57. The minimum Gasteiger partial charge on any atom is -0.494 e. The number of carbonyl (C=O) groups is 1. The second-order valence-corrected chi connectivity index (χ2v) is 6.58. The molecule has 0 saturated carbocycles. The number of ether oxygens (including phenoxy) is 1. The molecule has 0 spiro atoms. The van der Waals surface area contributed by atoms with Gasteiger partial charge in [-0.15, -0.1) is 5.10 Å². The van der Waals surface area contributed by atoms with Crippen molar-refractivity contribution in [1.82, 2.24) is 10.3 Å². The van der Waals surface area contributed by atoms with E-state index in [2.05, 4.69) is 10.4 Å². The summed E-state index contributed by atoms with van der Waals surface area (Å²) in [5.41, 5.74) is 1.43. The lowest BCUT2D eigenvalue weighted by molar-refractivity contribution is -0.116. The molecule has 4 rings (SSSR count). The van der Waals surface area contributed by atoms with E-state index in [-0.39, 0.29) is 5.91 Å². The minimum absolute atomic E-state index is 0.169. The molecular formula is C19H18N4O2S. The molecule has 6 nitrogen and oxygen atoms in total. The van der Waals surface area contributed by atoms with Crippen LogP contribution >= 0.6 is 11.8 Å². The van der Waals surface area contributed by atoms with Crippen molar-refractivity contribution in [2.24, 2.45) is 10.1 Å². The van der Waals surface area contributed by atoms with Gasteiger partial charge in [0.05, 0.1) is 12.0 Å². The molecule has 2 aromatic carbocycles. The molecule has 0 radical (unpaired) electrons. The van der Waals surface area contributed by atoms with E-state index in [1.807, 2.05) is 61.7 Å². The lowest BCUT2D eigenvalue weighted by Gasteiger charge is -2.34. The number of nitrogens with zero attached hydrogens (tertiary/aromatic N) is 3. The van der Waals surface area contributed by atoms with Crippen LogP contribution < -0.4 is 20.6 Å². The molecule has 1 amide bonds. The Morgan fingerprint density at radius 1 is 1.23 bits per heavy atom. The van der Waals surface area contributed by atoms with Crippen molar-refractivity contribution in [3.8, 4) is 5.75 Å². The number of benzene rings is 2. The fraction of sp³-hybridized carbons (Fsp3) is 0.211. The van der Waals surface area contributed by atoms with E-state index in [4.69, 9.17) is 9.73 Å². The van der Waals surface area contributed by atoms with E-state index in [9.17, 15) is 4.79 Å². The number of para-hydroxylation sites is 1. The van der Waals surface area contributed by atoms with E-state index in [1.54, 1.807) is 5.01 Å². The summed E-state index contributed by atoms with van der Waals surface area (Å²) in [6, 6.07) is 15.4. The minimum atomic E-state index is -0.423. The maximum atomic E-state index is 12.8. The SMILES string of the molecule is CCOc1cccc([C@@H]2N=c3ccccc3=C3C(=O)NC(SC)=NN32)c1. The van der Waals surface area contributed by atoms with Gasteiger partial charge in [0.1, 0.15) is 11.4 Å². The number of rotatable bonds is 3. The van der Waals surface area contributed by atoms with Gasteiger partial charge in [-0.3, -0.25) is 15.1 Å². The zero-order chi connectivity index (χ0) is 18.1.